The van der Waals surface area contributed by atoms with Gasteiger partial charge in [-0.15, -0.1) is 0 Å². The van der Waals surface area contributed by atoms with E-state index in [0.717, 1.165) is 5.56 Å². The molecule has 2 aromatic rings. The Balaban J connectivity index is 1.98. The van der Waals surface area contributed by atoms with Crippen molar-refractivity contribution in [1.82, 2.24) is 0 Å². The molecule has 5 heteroatoms. The fourth-order valence-corrected chi connectivity index (χ4v) is 1.64. The molecule has 100 valence electrons. The molecule has 2 aromatic carbocycles. The summed E-state index contributed by atoms with van der Waals surface area (Å²) < 4.78 is 18.4. The standard InChI is InChI=1S/C14H13FNO3/c15-12-2-1-3-14(10-12)19-13-6-4-11(5-7-13)8-9-16(17)18/h1-7,10,16H,8-9H2/q-1. The Morgan fingerprint density at radius 1 is 1.00 bits per heavy atom. The van der Waals surface area contributed by atoms with Gasteiger partial charge in [0.2, 0.25) is 0 Å². The maximum atomic E-state index is 13.0. The van der Waals surface area contributed by atoms with Crippen LogP contribution in [0.25, 0.3) is 0 Å². The fourth-order valence-electron chi connectivity index (χ4n) is 1.64. The van der Waals surface area contributed by atoms with Gasteiger partial charge in [-0.3, -0.25) is 0 Å². The number of halogens is 1. The van der Waals surface area contributed by atoms with Crippen LogP contribution in [0.4, 0.5) is 4.39 Å². The zero-order valence-electron chi connectivity index (χ0n) is 10.1. The van der Waals surface area contributed by atoms with E-state index in [9.17, 15) is 14.8 Å². The van der Waals surface area contributed by atoms with Crippen molar-refractivity contribution in [3.05, 3.63) is 70.3 Å². The second-order valence-electron chi connectivity index (χ2n) is 4.08. The summed E-state index contributed by atoms with van der Waals surface area (Å²) in [6.07, 6.45) is 0.419. The minimum atomic E-state index is -1.07. The van der Waals surface area contributed by atoms with Gasteiger partial charge in [-0.05, 0) is 29.8 Å². The van der Waals surface area contributed by atoms with Gasteiger partial charge in [0.05, 0.1) is 6.54 Å². The van der Waals surface area contributed by atoms with Crippen LogP contribution in [0.1, 0.15) is 5.56 Å². The Morgan fingerprint density at radius 3 is 2.37 bits per heavy atom. The molecule has 0 aliphatic rings. The van der Waals surface area contributed by atoms with E-state index in [0.29, 0.717) is 17.9 Å². The summed E-state index contributed by atoms with van der Waals surface area (Å²) in [5.74, 6) is 0.633. The Labute approximate surface area is 110 Å². The summed E-state index contributed by atoms with van der Waals surface area (Å²) >= 11 is 0. The molecule has 0 saturated carbocycles. The normalized spacial score (nSPS) is 10.7. The number of ether oxygens (including phenoxy) is 1. The molecule has 0 amide bonds. The molecule has 0 heterocycles. The molecule has 2 rings (SSSR count). The zero-order chi connectivity index (χ0) is 13.7. The van der Waals surface area contributed by atoms with E-state index in [1.54, 1.807) is 36.4 Å². The average Bonchev–Trinajstić information content (AvgIpc) is 2.38. The molecular formula is C14H13FNO3-. The molecule has 0 spiro atoms. The summed E-state index contributed by atoms with van der Waals surface area (Å²) in [7, 11) is 0. The first kappa shape index (κ1) is 13.5. The van der Waals surface area contributed by atoms with Crippen molar-refractivity contribution in [2.45, 2.75) is 6.42 Å². The van der Waals surface area contributed by atoms with Crippen molar-refractivity contribution in [2.75, 3.05) is 6.54 Å². The van der Waals surface area contributed by atoms with Gasteiger partial charge in [-0.25, -0.2) is 4.39 Å². The van der Waals surface area contributed by atoms with Crippen LogP contribution in [0.2, 0.25) is 0 Å². The van der Waals surface area contributed by atoms with E-state index in [2.05, 4.69) is 0 Å². The number of nitrogens with one attached hydrogen (secondary N) is 1. The number of quaternary nitrogens is 1. The highest BCUT2D eigenvalue weighted by Gasteiger charge is 2.00. The lowest BCUT2D eigenvalue weighted by molar-refractivity contribution is -0.792. The maximum absolute atomic E-state index is 13.0. The van der Waals surface area contributed by atoms with Gasteiger partial charge < -0.3 is 20.4 Å². The SMILES string of the molecule is [O-][NH+]([O-])CCc1ccc(Oc2cccc(F)c2)cc1. The molecule has 0 unspecified atom stereocenters. The molecule has 0 aliphatic carbocycles. The van der Waals surface area contributed by atoms with Crippen molar-refractivity contribution >= 4 is 0 Å². The monoisotopic (exact) mass is 262 g/mol. The van der Waals surface area contributed by atoms with Crippen LogP contribution in [-0.2, 0) is 6.42 Å². The summed E-state index contributed by atoms with van der Waals surface area (Å²) in [5.41, 5.74) is 0.885. The van der Waals surface area contributed by atoms with E-state index >= 15 is 0 Å². The van der Waals surface area contributed by atoms with E-state index < -0.39 is 5.23 Å². The quantitative estimate of drug-likeness (QED) is 0.839. The number of hydrogen-bond acceptors (Lipinski definition) is 3. The predicted octanol–water partition coefficient (Wildman–Crippen LogP) is 2.04. The van der Waals surface area contributed by atoms with Gasteiger partial charge in [0.1, 0.15) is 17.3 Å². The highest BCUT2D eigenvalue weighted by molar-refractivity contribution is 5.33. The van der Waals surface area contributed by atoms with Crippen LogP contribution in [-0.4, -0.2) is 6.54 Å². The van der Waals surface area contributed by atoms with Crippen LogP contribution in [0.5, 0.6) is 11.5 Å². The lowest BCUT2D eigenvalue weighted by Crippen LogP contribution is -3.02. The highest BCUT2D eigenvalue weighted by atomic mass is 19.1. The number of benzene rings is 2. The Morgan fingerprint density at radius 2 is 1.74 bits per heavy atom. The largest absolute Gasteiger partial charge is 0.633 e. The van der Waals surface area contributed by atoms with Crippen molar-refractivity contribution < 1.29 is 14.4 Å². The smallest absolute Gasteiger partial charge is 0.130 e. The lowest BCUT2D eigenvalue weighted by Gasteiger charge is -2.24. The van der Waals surface area contributed by atoms with E-state index in [4.69, 9.17) is 4.74 Å². The molecule has 4 nitrogen and oxygen atoms in total. The predicted molar refractivity (Wildman–Crippen MR) is 69.2 cm³/mol. The van der Waals surface area contributed by atoms with Gasteiger partial charge >= 0.3 is 0 Å². The van der Waals surface area contributed by atoms with E-state index in [1.807, 2.05) is 0 Å². The van der Waals surface area contributed by atoms with Crippen molar-refractivity contribution in [1.29, 1.82) is 0 Å². The fraction of sp³-hybridized carbons (Fsp3) is 0.143. The third-order valence-corrected chi connectivity index (χ3v) is 2.57. The van der Waals surface area contributed by atoms with Crippen molar-refractivity contribution in [3.63, 3.8) is 0 Å². The number of hydroxylamine groups is 2. The minimum absolute atomic E-state index is 0.00982. The third-order valence-electron chi connectivity index (χ3n) is 2.57. The minimum Gasteiger partial charge on any atom is -0.633 e. The molecule has 0 bridgehead atoms. The maximum Gasteiger partial charge on any atom is 0.130 e. The number of hydrogen-bond donors (Lipinski definition) is 1. The molecule has 0 saturated heterocycles. The van der Waals surface area contributed by atoms with Gasteiger partial charge in [0.15, 0.2) is 0 Å². The molecular weight excluding hydrogens is 249 g/mol. The van der Waals surface area contributed by atoms with Gasteiger partial charge in [-0.2, -0.15) is 0 Å². The molecule has 0 aromatic heterocycles. The topological polar surface area (TPSA) is 59.8 Å². The van der Waals surface area contributed by atoms with Gasteiger partial charge in [0.25, 0.3) is 0 Å². The van der Waals surface area contributed by atoms with Gasteiger partial charge in [-0.1, -0.05) is 18.2 Å². The van der Waals surface area contributed by atoms with Crippen LogP contribution in [0.3, 0.4) is 0 Å². The van der Waals surface area contributed by atoms with Crippen molar-refractivity contribution in [2.24, 2.45) is 0 Å². The van der Waals surface area contributed by atoms with E-state index in [1.165, 1.54) is 12.1 Å². The number of rotatable bonds is 5. The van der Waals surface area contributed by atoms with Gasteiger partial charge in [0, 0.05) is 12.5 Å². The Hall–Kier alpha value is -1.95. The van der Waals surface area contributed by atoms with Crippen LogP contribution in [0, 0.1) is 16.2 Å². The molecule has 1 N–H and O–H groups in total. The summed E-state index contributed by atoms with van der Waals surface area (Å²) in [6, 6.07) is 12.9. The van der Waals surface area contributed by atoms with Crippen LogP contribution < -0.4 is 9.96 Å². The summed E-state index contributed by atoms with van der Waals surface area (Å²) in [6.45, 7) is -0.00982. The average molecular weight is 262 g/mol. The molecule has 0 aliphatic heterocycles. The van der Waals surface area contributed by atoms with Crippen LogP contribution in [0.15, 0.2) is 48.5 Å². The van der Waals surface area contributed by atoms with Crippen LogP contribution >= 0.6 is 0 Å². The lowest BCUT2D eigenvalue weighted by atomic mass is 10.1. The first-order valence-corrected chi connectivity index (χ1v) is 5.86. The second kappa shape index (κ2) is 6.29. The van der Waals surface area contributed by atoms with E-state index in [-0.39, 0.29) is 12.4 Å². The highest BCUT2D eigenvalue weighted by Crippen LogP contribution is 2.22. The Kier molecular flexibility index (Phi) is 4.46. The second-order valence-corrected chi connectivity index (χ2v) is 4.08. The first-order chi connectivity index (χ1) is 9.13. The molecule has 19 heavy (non-hydrogen) atoms. The molecule has 0 fully saturated rings. The molecule has 0 radical (unpaired) electrons. The Bertz CT molecular complexity index is 528. The summed E-state index contributed by atoms with van der Waals surface area (Å²) in [4.78, 5) is 0. The molecule has 0 atom stereocenters. The summed E-state index contributed by atoms with van der Waals surface area (Å²) in [5, 5.41) is 19.6. The zero-order valence-corrected chi connectivity index (χ0v) is 10.1. The third kappa shape index (κ3) is 4.33. The van der Waals surface area contributed by atoms with Crippen molar-refractivity contribution in [3.8, 4) is 11.5 Å². The first-order valence-electron chi connectivity index (χ1n) is 5.86.